The zero-order chi connectivity index (χ0) is 13.0. The minimum atomic E-state index is 0.379. The van der Waals surface area contributed by atoms with Crippen molar-refractivity contribution in [2.45, 2.75) is 36.9 Å². The molecule has 1 aromatic carbocycles. The lowest BCUT2D eigenvalue weighted by Gasteiger charge is -2.36. The first-order chi connectivity index (χ1) is 8.65. The molecule has 1 fully saturated rings. The highest BCUT2D eigenvalue weighted by atomic mass is 35.5. The molecule has 0 heterocycles. The molecular formula is C14H21ClN2S. The van der Waals surface area contributed by atoms with Crippen LogP contribution >= 0.6 is 23.4 Å². The second kappa shape index (κ2) is 6.07. The molecule has 0 spiro atoms. The molecule has 0 atom stereocenters. The number of nitrogens with two attached hydrogens (primary N) is 1. The largest absolute Gasteiger partial charge is 0.397 e. The zero-order valence-electron chi connectivity index (χ0n) is 10.8. The highest BCUT2D eigenvalue weighted by Crippen LogP contribution is 2.39. The Balaban J connectivity index is 2.01. The highest BCUT2D eigenvalue weighted by molar-refractivity contribution is 8.00. The standard InChI is InChI=1S/C14H21ClN2S/c1-18-14(7-3-2-4-8-14)10-17-13-6-5-11(15)9-12(13)16/h5-6,9,17H,2-4,7-8,10,16H2,1H3. The predicted octanol–water partition coefficient (Wildman–Crippen LogP) is 4.40. The molecule has 1 aromatic rings. The number of halogens is 1. The number of rotatable bonds is 4. The number of benzene rings is 1. The summed E-state index contributed by atoms with van der Waals surface area (Å²) in [6.45, 7) is 0.986. The average Bonchev–Trinajstić information content (AvgIpc) is 2.39. The van der Waals surface area contributed by atoms with Crippen molar-refractivity contribution in [2.75, 3.05) is 23.9 Å². The Morgan fingerprint density at radius 2 is 2.06 bits per heavy atom. The van der Waals surface area contributed by atoms with Crippen molar-refractivity contribution in [1.29, 1.82) is 0 Å². The second-order valence-corrected chi connectivity index (χ2v) is 6.74. The zero-order valence-corrected chi connectivity index (χ0v) is 12.4. The van der Waals surface area contributed by atoms with E-state index < -0.39 is 0 Å². The molecule has 0 aromatic heterocycles. The van der Waals surface area contributed by atoms with Crippen LogP contribution in [0.25, 0.3) is 0 Å². The lowest BCUT2D eigenvalue weighted by atomic mass is 9.88. The maximum atomic E-state index is 5.97. The first-order valence-corrected chi connectivity index (χ1v) is 8.09. The first-order valence-electron chi connectivity index (χ1n) is 6.49. The topological polar surface area (TPSA) is 38.0 Å². The van der Waals surface area contributed by atoms with Gasteiger partial charge in [0.25, 0.3) is 0 Å². The van der Waals surface area contributed by atoms with Crippen LogP contribution in [0, 0.1) is 0 Å². The van der Waals surface area contributed by atoms with E-state index in [0.717, 1.165) is 17.9 Å². The van der Waals surface area contributed by atoms with Gasteiger partial charge in [-0.05, 0) is 37.3 Å². The fraction of sp³-hybridized carbons (Fsp3) is 0.571. The molecule has 1 aliphatic rings. The highest BCUT2D eigenvalue weighted by Gasteiger charge is 2.30. The number of hydrogen-bond acceptors (Lipinski definition) is 3. The van der Waals surface area contributed by atoms with Crippen molar-refractivity contribution < 1.29 is 0 Å². The van der Waals surface area contributed by atoms with Crippen LogP contribution in [-0.4, -0.2) is 17.5 Å². The van der Waals surface area contributed by atoms with Crippen LogP contribution in [0.1, 0.15) is 32.1 Å². The summed E-state index contributed by atoms with van der Waals surface area (Å²) >= 11 is 7.90. The summed E-state index contributed by atoms with van der Waals surface area (Å²) < 4.78 is 0.379. The van der Waals surface area contributed by atoms with Crippen molar-refractivity contribution in [1.82, 2.24) is 0 Å². The molecule has 3 N–H and O–H groups in total. The van der Waals surface area contributed by atoms with E-state index in [1.807, 2.05) is 23.9 Å². The number of nitrogen functional groups attached to an aromatic ring is 1. The van der Waals surface area contributed by atoms with Crippen molar-refractivity contribution in [3.8, 4) is 0 Å². The van der Waals surface area contributed by atoms with E-state index in [9.17, 15) is 0 Å². The van der Waals surface area contributed by atoms with Gasteiger partial charge in [0.05, 0.1) is 11.4 Å². The summed E-state index contributed by atoms with van der Waals surface area (Å²) in [5.74, 6) is 0. The Kier molecular flexibility index (Phi) is 4.68. The van der Waals surface area contributed by atoms with Crippen molar-refractivity contribution in [3.05, 3.63) is 23.2 Å². The molecule has 0 amide bonds. The molecule has 0 bridgehead atoms. The van der Waals surface area contributed by atoms with E-state index in [4.69, 9.17) is 17.3 Å². The number of hydrogen-bond donors (Lipinski definition) is 2. The first kappa shape index (κ1) is 13.9. The van der Waals surface area contributed by atoms with E-state index in [1.165, 1.54) is 32.1 Å². The number of thioether (sulfide) groups is 1. The predicted molar refractivity (Wildman–Crippen MR) is 83.7 cm³/mol. The number of anilines is 2. The second-order valence-electron chi connectivity index (χ2n) is 5.03. The van der Waals surface area contributed by atoms with Gasteiger partial charge in [-0.15, -0.1) is 0 Å². The van der Waals surface area contributed by atoms with Gasteiger partial charge >= 0.3 is 0 Å². The quantitative estimate of drug-likeness (QED) is 0.805. The van der Waals surface area contributed by atoms with Gasteiger partial charge in [-0.25, -0.2) is 0 Å². The third kappa shape index (κ3) is 3.27. The molecule has 2 nitrogen and oxygen atoms in total. The van der Waals surface area contributed by atoms with E-state index in [2.05, 4.69) is 11.6 Å². The van der Waals surface area contributed by atoms with E-state index in [1.54, 1.807) is 6.07 Å². The normalized spacial score (nSPS) is 18.6. The van der Waals surface area contributed by atoms with E-state index in [-0.39, 0.29) is 0 Å². The fourth-order valence-electron chi connectivity index (χ4n) is 2.60. The molecule has 18 heavy (non-hydrogen) atoms. The summed E-state index contributed by atoms with van der Waals surface area (Å²) in [5.41, 5.74) is 7.70. The van der Waals surface area contributed by atoms with Gasteiger partial charge in [-0.1, -0.05) is 30.9 Å². The lowest BCUT2D eigenvalue weighted by Crippen LogP contribution is -2.35. The molecule has 2 rings (SSSR count). The third-order valence-corrected chi connectivity index (χ3v) is 5.47. The summed E-state index contributed by atoms with van der Waals surface area (Å²) in [4.78, 5) is 0. The smallest absolute Gasteiger partial charge is 0.0575 e. The monoisotopic (exact) mass is 284 g/mol. The lowest BCUT2D eigenvalue weighted by molar-refractivity contribution is 0.411. The summed E-state index contributed by atoms with van der Waals surface area (Å²) in [7, 11) is 0. The maximum Gasteiger partial charge on any atom is 0.0575 e. The van der Waals surface area contributed by atoms with Gasteiger partial charge in [0, 0.05) is 16.3 Å². The molecule has 4 heteroatoms. The van der Waals surface area contributed by atoms with Crippen molar-refractivity contribution in [2.24, 2.45) is 0 Å². The molecule has 1 aliphatic carbocycles. The SMILES string of the molecule is CSC1(CNc2ccc(Cl)cc2N)CCCCC1. The Hall–Kier alpha value is -0.540. The Labute approximate surface area is 119 Å². The Morgan fingerprint density at radius 1 is 1.33 bits per heavy atom. The van der Waals surface area contributed by atoms with Gasteiger partial charge < -0.3 is 11.1 Å². The van der Waals surface area contributed by atoms with E-state index >= 15 is 0 Å². The summed E-state index contributed by atoms with van der Waals surface area (Å²) in [6, 6.07) is 5.65. The third-order valence-electron chi connectivity index (χ3n) is 3.81. The van der Waals surface area contributed by atoms with Crippen LogP contribution in [0.3, 0.4) is 0 Å². The Morgan fingerprint density at radius 3 is 2.67 bits per heavy atom. The molecule has 0 radical (unpaired) electrons. The Bertz CT molecular complexity index is 403. The molecule has 1 saturated carbocycles. The van der Waals surface area contributed by atoms with Crippen LogP contribution in [0.4, 0.5) is 11.4 Å². The van der Waals surface area contributed by atoms with Gasteiger partial charge in [-0.3, -0.25) is 0 Å². The maximum absolute atomic E-state index is 5.97. The van der Waals surface area contributed by atoms with Crippen molar-refractivity contribution in [3.63, 3.8) is 0 Å². The van der Waals surface area contributed by atoms with Gasteiger partial charge in [0.1, 0.15) is 0 Å². The molecule has 0 aliphatic heterocycles. The molecule has 0 saturated heterocycles. The van der Waals surface area contributed by atoms with Crippen LogP contribution in [0.2, 0.25) is 5.02 Å². The summed E-state index contributed by atoms with van der Waals surface area (Å²) in [6.07, 6.45) is 8.89. The minimum Gasteiger partial charge on any atom is -0.397 e. The van der Waals surface area contributed by atoms with E-state index in [0.29, 0.717) is 9.77 Å². The van der Waals surface area contributed by atoms with Gasteiger partial charge in [0.15, 0.2) is 0 Å². The minimum absolute atomic E-state index is 0.379. The van der Waals surface area contributed by atoms with Crippen LogP contribution in [0.5, 0.6) is 0 Å². The van der Waals surface area contributed by atoms with Crippen LogP contribution in [0.15, 0.2) is 18.2 Å². The van der Waals surface area contributed by atoms with Crippen LogP contribution in [-0.2, 0) is 0 Å². The molecule has 0 unspecified atom stereocenters. The number of nitrogens with one attached hydrogen (secondary N) is 1. The summed E-state index contributed by atoms with van der Waals surface area (Å²) in [5, 5.41) is 4.19. The molecule has 100 valence electrons. The van der Waals surface area contributed by atoms with Crippen molar-refractivity contribution >= 4 is 34.7 Å². The fourth-order valence-corrected chi connectivity index (χ4v) is 3.69. The van der Waals surface area contributed by atoms with Crippen LogP contribution < -0.4 is 11.1 Å². The van der Waals surface area contributed by atoms with Gasteiger partial charge in [0.2, 0.25) is 0 Å². The molecular weight excluding hydrogens is 264 g/mol. The van der Waals surface area contributed by atoms with Gasteiger partial charge in [-0.2, -0.15) is 11.8 Å². The average molecular weight is 285 g/mol.